The number of nitrogens with zero attached hydrogens (tertiary/aromatic N) is 5. The van der Waals surface area contributed by atoms with E-state index in [1.165, 1.54) is 0 Å². The number of anilines is 1. The minimum atomic E-state index is -1.25. The van der Waals surface area contributed by atoms with E-state index in [2.05, 4.69) is 10.2 Å². The van der Waals surface area contributed by atoms with Crippen LogP contribution in [0, 0.1) is 6.92 Å². The van der Waals surface area contributed by atoms with Crippen molar-refractivity contribution >= 4 is 23.5 Å². The molecule has 2 amide bonds. The molecule has 6 rings (SSSR count). The Labute approximate surface area is 245 Å². The Hall–Kier alpha value is -4.44. The maximum absolute atomic E-state index is 14.4. The molecule has 1 fully saturated rings. The number of ether oxygens (including phenoxy) is 1. The highest BCUT2D eigenvalue weighted by atomic mass is 16.5. The molecule has 0 spiro atoms. The number of nitrogens with two attached hydrogens (primary N) is 1. The van der Waals surface area contributed by atoms with Crippen molar-refractivity contribution in [3.63, 3.8) is 0 Å². The second-order valence-electron chi connectivity index (χ2n) is 11.5. The zero-order valence-electron chi connectivity index (χ0n) is 24.3. The van der Waals surface area contributed by atoms with E-state index < -0.39 is 11.6 Å². The number of alkyl carbamates (subject to hydrolysis) is 1. The van der Waals surface area contributed by atoms with Crippen LogP contribution < -0.4 is 16.0 Å². The monoisotopic (exact) mass is 567 g/mol. The number of hydrogen-bond donors (Lipinski definition) is 2. The summed E-state index contributed by atoms with van der Waals surface area (Å²) in [7, 11) is 1.76. The summed E-state index contributed by atoms with van der Waals surface area (Å²) in [6, 6.07) is 18.9. The third-order valence-corrected chi connectivity index (χ3v) is 8.62. The second-order valence-corrected chi connectivity index (χ2v) is 11.5. The van der Waals surface area contributed by atoms with Crippen LogP contribution in [0.3, 0.4) is 0 Å². The second kappa shape index (κ2) is 11.1. The summed E-state index contributed by atoms with van der Waals surface area (Å²) >= 11 is 0. The Balaban J connectivity index is 1.25. The molecule has 2 aromatic heterocycles. The topological polar surface area (TPSA) is 118 Å². The van der Waals surface area contributed by atoms with Gasteiger partial charge in [-0.25, -0.2) is 14.3 Å². The van der Waals surface area contributed by atoms with Gasteiger partial charge in [0.25, 0.3) is 5.91 Å². The average molecular weight is 568 g/mol. The van der Waals surface area contributed by atoms with Crippen LogP contribution in [0.1, 0.15) is 53.8 Å². The highest BCUT2D eigenvalue weighted by Gasteiger charge is 2.49. The van der Waals surface area contributed by atoms with Gasteiger partial charge in [0.15, 0.2) is 5.65 Å². The first-order chi connectivity index (χ1) is 20.2. The van der Waals surface area contributed by atoms with Gasteiger partial charge in [-0.2, -0.15) is 5.10 Å². The fourth-order valence-corrected chi connectivity index (χ4v) is 6.15. The Morgan fingerprint density at radius 2 is 1.95 bits per heavy atom. The van der Waals surface area contributed by atoms with Gasteiger partial charge < -0.3 is 25.6 Å². The van der Waals surface area contributed by atoms with Crippen LogP contribution in [0.15, 0.2) is 66.9 Å². The molecule has 1 aliphatic heterocycles. The molecule has 0 radical (unpaired) electrons. The predicted molar refractivity (Wildman–Crippen MR) is 160 cm³/mol. The number of aryl methyl sites for hydroxylation is 2. The molecule has 3 N–H and O–H groups in total. The molecule has 4 aromatic rings. The van der Waals surface area contributed by atoms with E-state index in [4.69, 9.17) is 20.6 Å². The highest BCUT2D eigenvalue weighted by Crippen LogP contribution is 2.40. The number of fused-ring (bicyclic) bond motifs is 2. The molecule has 1 unspecified atom stereocenters. The fraction of sp³-hybridized carbons (Fsp3) is 0.375. The number of hydrogen-bond acceptors (Lipinski definition) is 7. The lowest BCUT2D eigenvalue weighted by Gasteiger charge is -2.36. The molecule has 10 nitrogen and oxygen atoms in total. The molecule has 1 saturated heterocycles. The summed E-state index contributed by atoms with van der Waals surface area (Å²) in [5, 5.41) is 7.76. The Morgan fingerprint density at radius 3 is 2.71 bits per heavy atom. The molecule has 2 aromatic carbocycles. The van der Waals surface area contributed by atoms with Gasteiger partial charge in [0.1, 0.15) is 18.0 Å². The molecule has 0 saturated carbocycles. The van der Waals surface area contributed by atoms with Crippen LogP contribution in [-0.2, 0) is 28.1 Å². The summed E-state index contributed by atoms with van der Waals surface area (Å²) in [4.78, 5) is 36.3. The van der Waals surface area contributed by atoms with Gasteiger partial charge >= 0.3 is 6.09 Å². The Morgan fingerprint density at radius 1 is 1.19 bits per heavy atom. The molecule has 3 atom stereocenters. The van der Waals surface area contributed by atoms with E-state index in [0.29, 0.717) is 24.2 Å². The first kappa shape index (κ1) is 27.7. The molecular formula is C32H37N7O3. The predicted octanol–water partition coefficient (Wildman–Crippen LogP) is 3.86. The number of benzene rings is 2. The van der Waals surface area contributed by atoms with Gasteiger partial charge in [-0.3, -0.25) is 4.79 Å². The van der Waals surface area contributed by atoms with E-state index in [1.807, 2.05) is 80.7 Å². The van der Waals surface area contributed by atoms with E-state index >= 15 is 0 Å². The molecule has 3 heterocycles. The first-order valence-corrected chi connectivity index (χ1v) is 14.5. The molecule has 42 heavy (non-hydrogen) atoms. The van der Waals surface area contributed by atoms with Crippen LogP contribution in [-0.4, -0.2) is 57.7 Å². The number of aromatic nitrogens is 3. The Bertz CT molecular complexity index is 1620. The summed E-state index contributed by atoms with van der Waals surface area (Å²) in [5.74, 6) is 0.697. The minimum absolute atomic E-state index is 0.115. The maximum Gasteiger partial charge on any atom is 0.408 e. The van der Waals surface area contributed by atoms with Crippen LogP contribution in [0.5, 0.6) is 0 Å². The average Bonchev–Trinajstić information content (AvgIpc) is 3.72. The van der Waals surface area contributed by atoms with Crippen molar-refractivity contribution in [1.29, 1.82) is 0 Å². The van der Waals surface area contributed by atoms with E-state index in [-0.39, 0.29) is 24.6 Å². The quantitative estimate of drug-likeness (QED) is 0.348. The lowest BCUT2D eigenvalue weighted by molar-refractivity contribution is -0.139. The van der Waals surface area contributed by atoms with Crippen LogP contribution in [0.4, 0.5) is 10.6 Å². The lowest BCUT2D eigenvalue weighted by Crippen LogP contribution is -2.56. The number of likely N-dealkylation sites (N-methyl/N-ethyl adjacent to an activating group) is 1. The number of carbonyl (C=O) groups is 2. The van der Waals surface area contributed by atoms with Crippen LogP contribution >= 0.6 is 0 Å². The van der Waals surface area contributed by atoms with Crippen molar-refractivity contribution in [2.45, 2.75) is 57.3 Å². The highest BCUT2D eigenvalue weighted by molar-refractivity contribution is 5.92. The number of amides is 2. The largest absolute Gasteiger partial charge is 0.445 e. The van der Waals surface area contributed by atoms with Crippen molar-refractivity contribution in [3.8, 4) is 0 Å². The van der Waals surface area contributed by atoms with E-state index in [0.717, 1.165) is 47.6 Å². The summed E-state index contributed by atoms with van der Waals surface area (Å²) in [5.41, 5.74) is 10.0. The first-order valence-electron chi connectivity index (χ1n) is 14.5. The molecule has 2 aliphatic rings. The molecule has 1 aliphatic carbocycles. The third kappa shape index (κ3) is 5.07. The number of nitrogens with one attached hydrogen (secondary N) is 1. The molecule has 218 valence electrons. The summed E-state index contributed by atoms with van der Waals surface area (Å²) in [6.45, 7) is 5.74. The van der Waals surface area contributed by atoms with Gasteiger partial charge in [-0.1, -0.05) is 54.6 Å². The van der Waals surface area contributed by atoms with Crippen LogP contribution in [0.25, 0.3) is 5.65 Å². The number of rotatable bonds is 7. The van der Waals surface area contributed by atoms with Gasteiger partial charge in [0, 0.05) is 44.0 Å². The fourth-order valence-electron chi connectivity index (χ4n) is 6.15. The smallest absolute Gasteiger partial charge is 0.408 e. The minimum Gasteiger partial charge on any atom is -0.445 e. The SMILES string of the molecule is Cc1cn2nc([C@H](C)N(C)C(=O)C3(NC(=O)OCc4ccccc4)CCc4ccccc43)cc2nc1N1CC[C@H](N)C1. The zero-order chi connectivity index (χ0) is 29.4. The lowest BCUT2D eigenvalue weighted by atomic mass is 9.89. The van der Waals surface area contributed by atoms with Gasteiger partial charge in [-0.05, 0) is 49.8 Å². The van der Waals surface area contributed by atoms with Gasteiger partial charge in [-0.15, -0.1) is 0 Å². The molecular weight excluding hydrogens is 530 g/mol. The normalized spacial score (nSPS) is 20.4. The molecule has 10 heteroatoms. The summed E-state index contributed by atoms with van der Waals surface area (Å²) in [6.07, 6.45) is 3.39. The Kier molecular flexibility index (Phi) is 7.32. The standard InChI is InChI=1S/C32H37N7O3/c1-21-18-39-28(34-29(21)38-16-14-25(33)19-38)17-27(36-39)22(2)37(3)30(40)32(15-13-24-11-7-8-12-26(24)32)35-31(41)42-20-23-9-5-4-6-10-23/h4-12,17-18,22,25H,13-16,19-20,33H2,1-3H3,(H,35,41)/t22-,25-,32?/m0/s1. The van der Waals surface area contributed by atoms with Gasteiger partial charge in [0.05, 0.1) is 11.7 Å². The molecule has 0 bridgehead atoms. The van der Waals surface area contributed by atoms with Crippen LogP contribution in [0.2, 0.25) is 0 Å². The zero-order valence-corrected chi connectivity index (χ0v) is 24.3. The summed E-state index contributed by atoms with van der Waals surface area (Å²) < 4.78 is 7.32. The van der Waals surface area contributed by atoms with E-state index in [1.54, 1.807) is 16.5 Å². The maximum atomic E-state index is 14.4. The third-order valence-electron chi connectivity index (χ3n) is 8.62. The van der Waals surface area contributed by atoms with Crippen molar-refractivity contribution in [2.24, 2.45) is 5.73 Å². The van der Waals surface area contributed by atoms with Crippen molar-refractivity contribution in [1.82, 2.24) is 24.8 Å². The van der Waals surface area contributed by atoms with Crippen molar-refractivity contribution in [2.75, 3.05) is 25.0 Å². The van der Waals surface area contributed by atoms with E-state index in [9.17, 15) is 9.59 Å². The van der Waals surface area contributed by atoms with Gasteiger partial charge in [0.2, 0.25) is 0 Å². The number of carbonyl (C=O) groups excluding carboxylic acids is 2. The van der Waals surface area contributed by atoms with Crippen molar-refractivity contribution in [3.05, 3.63) is 94.8 Å². The van der Waals surface area contributed by atoms with Crippen molar-refractivity contribution < 1.29 is 14.3 Å².